The van der Waals surface area contributed by atoms with Crippen LogP contribution in [-0.4, -0.2) is 33.2 Å². The summed E-state index contributed by atoms with van der Waals surface area (Å²) in [6, 6.07) is 16.8. The minimum absolute atomic E-state index is 0.222. The molecule has 0 radical (unpaired) electrons. The van der Waals surface area contributed by atoms with E-state index in [4.69, 9.17) is 14.6 Å². The number of hydrogen-bond donors (Lipinski definition) is 2. The van der Waals surface area contributed by atoms with Crippen LogP contribution in [0.4, 0.5) is 4.79 Å². The maximum absolute atomic E-state index is 13.1. The first-order valence-electron chi connectivity index (χ1n) is 14.2. The fourth-order valence-corrected chi connectivity index (χ4v) is 4.44. The Bertz CT molecular complexity index is 1170. The summed E-state index contributed by atoms with van der Waals surface area (Å²) >= 11 is 0. The summed E-state index contributed by atoms with van der Waals surface area (Å²) in [7, 11) is 0. The molecular weight excluding hydrogens is 492 g/mol. The van der Waals surface area contributed by atoms with E-state index in [1.54, 1.807) is 20.8 Å². The molecule has 0 saturated carbocycles. The number of imidazole rings is 1. The van der Waals surface area contributed by atoms with E-state index in [0.29, 0.717) is 12.8 Å². The molecule has 8 nitrogen and oxygen atoms in total. The van der Waals surface area contributed by atoms with Gasteiger partial charge in [-0.25, -0.2) is 15.3 Å². The molecule has 0 spiro atoms. The fraction of sp³-hybridized carbons (Fsp3) is 0.516. The second-order valence-corrected chi connectivity index (χ2v) is 10.9. The Morgan fingerprint density at radius 2 is 1.64 bits per heavy atom. The summed E-state index contributed by atoms with van der Waals surface area (Å²) in [6.45, 7) is 8.68. The number of alkyl carbamates (subject to hydrolysis) is 1. The summed E-state index contributed by atoms with van der Waals surface area (Å²) in [5, 5.41) is 2.73. The monoisotopic (exact) mass is 536 g/mol. The van der Waals surface area contributed by atoms with E-state index in [1.807, 2.05) is 48.5 Å². The number of nitrogens with one attached hydrogen (secondary N) is 2. The first-order valence-corrected chi connectivity index (χ1v) is 14.2. The first-order chi connectivity index (χ1) is 18.8. The Kier molecular flexibility index (Phi) is 11.8. The normalized spacial score (nSPS) is 12.3. The van der Waals surface area contributed by atoms with Crippen molar-refractivity contribution in [1.29, 1.82) is 0 Å². The lowest BCUT2D eigenvalue weighted by Gasteiger charge is -2.23. The Morgan fingerprint density at radius 3 is 2.38 bits per heavy atom. The van der Waals surface area contributed by atoms with E-state index in [9.17, 15) is 9.59 Å². The average Bonchev–Trinajstić information content (AvgIpc) is 3.25. The van der Waals surface area contributed by atoms with E-state index in [-0.39, 0.29) is 6.61 Å². The zero-order valence-corrected chi connectivity index (χ0v) is 23.9. The molecular formula is C31H44N4O4. The van der Waals surface area contributed by atoms with Gasteiger partial charge in [-0.3, -0.25) is 9.63 Å². The molecule has 2 aromatic carbocycles. The van der Waals surface area contributed by atoms with Crippen molar-refractivity contribution in [1.82, 2.24) is 20.3 Å². The summed E-state index contributed by atoms with van der Waals surface area (Å²) in [6.07, 6.45) is 7.49. The smallest absolute Gasteiger partial charge is 0.408 e. The van der Waals surface area contributed by atoms with Gasteiger partial charge in [-0.15, -0.1) is 0 Å². The number of benzene rings is 2. The topological polar surface area (TPSA) is 94.5 Å². The van der Waals surface area contributed by atoms with Crippen LogP contribution >= 0.6 is 0 Å². The van der Waals surface area contributed by atoms with Crippen LogP contribution in [0, 0.1) is 0 Å². The number of hydrogen-bond acceptors (Lipinski definition) is 5. The number of rotatable bonds is 15. The zero-order valence-electron chi connectivity index (χ0n) is 23.9. The number of fused-ring (bicyclic) bond motifs is 1. The molecule has 3 aromatic rings. The summed E-state index contributed by atoms with van der Waals surface area (Å²) < 4.78 is 7.67. The van der Waals surface area contributed by atoms with Gasteiger partial charge >= 0.3 is 6.09 Å². The number of amides is 2. The molecule has 2 N–H and O–H groups in total. The van der Waals surface area contributed by atoms with Gasteiger partial charge in [-0.05, 0) is 51.3 Å². The first kappa shape index (κ1) is 30.2. The Labute approximate surface area is 232 Å². The van der Waals surface area contributed by atoms with E-state index >= 15 is 0 Å². The third-order valence-electron chi connectivity index (χ3n) is 6.39. The molecule has 2 amide bonds. The van der Waals surface area contributed by atoms with Crippen molar-refractivity contribution in [3.8, 4) is 0 Å². The van der Waals surface area contributed by atoms with Crippen LogP contribution in [-0.2, 0) is 33.9 Å². The zero-order chi connectivity index (χ0) is 28.1. The fourth-order valence-electron chi connectivity index (χ4n) is 4.44. The molecule has 0 saturated heterocycles. The number of hydroxylamine groups is 1. The Morgan fingerprint density at radius 1 is 0.949 bits per heavy atom. The van der Waals surface area contributed by atoms with Crippen molar-refractivity contribution in [2.45, 2.75) is 104 Å². The van der Waals surface area contributed by atoms with Crippen molar-refractivity contribution in [3.63, 3.8) is 0 Å². The molecule has 0 aliphatic carbocycles. The SMILES string of the molecule is CCCCCCCCn1c(CC[C@H](NC(=O)OC(C)(C)C)C(=O)NOCc2ccccc2)nc2ccccc21. The Hall–Kier alpha value is -3.39. The second-order valence-electron chi connectivity index (χ2n) is 10.9. The predicted octanol–water partition coefficient (Wildman–Crippen LogP) is 6.47. The van der Waals surface area contributed by atoms with E-state index < -0.39 is 23.6 Å². The van der Waals surface area contributed by atoms with Crippen LogP contribution in [0.3, 0.4) is 0 Å². The van der Waals surface area contributed by atoms with Crippen molar-refractivity contribution < 1.29 is 19.2 Å². The standard InChI is InChI=1S/C31H44N4O4/c1-5-6-7-8-9-15-22-35-27-19-14-13-18-25(27)32-28(35)21-20-26(33-30(37)39-31(2,3)4)29(36)34-38-23-24-16-11-10-12-17-24/h10-14,16-19,26H,5-9,15,20-23H2,1-4H3,(H,33,37)(H,34,36)/t26-/m0/s1. The van der Waals surface area contributed by atoms with Gasteiger partial charge in [0, 0.05) is 13.0 Å². The summed E-state index contributed by atoms with van der Waals surface area (Å²) in [4.78, 5) is 36.0. The van der Waals surface area contributed by atoms with Crippen LogP contribution in [0.25, 0.3) is 11.0 Å². The molecule has 212 valence electrons. The lowest BCUT2D eigenvalue weighted by Crippen LogP contribution is -2.48. The molecule has 39 heavy (non-hydrogen) atoms. The molecule has 0 aliphatic heterocycles. The molecule has 1 aromatic heterocycles. The molecule has 0 bridgehead atoms. The number of para-hydroxylation sites is 2. The van der Waals surface area contributed by atoms with Gasteiger partial charge in [0.25, 0.3) is 5.91 Å². The second kappa shape index (κ2) is 15.3. The highest BCUT2D eigenvalue weighted by molar-refractivity contribution is 5.85. The van der Waals surface area contributed by atoms with Crippen molar-refractivity contribution >= 4 is 23.0 Å². The van der Waals surface area contributed by atoms with Crippen molar-refractivity contribution in [2.24, 2.45) is 0 Å². The van der Waals surface area contributed by atoms with Crippen LogP contribution < -0.4 is 10.8 Å². The van der Waals surface area contributed by atoms with E-state index in [1.165, 1.54) is 32.1 Å². The third kappa shape index (κ3) is 10.4. The maximum Gasteiger partial charge on any atom is 0.408 e. The van der Waals surface area contributed by atoms with Crippen LogP contribution in [0.2, 0.25) is 0 Å². The number of aromatic nitrogens is 2. The van der Waals surface area contributed by atoms with E-state index in [0.717, 1.165) is 35.4 Å². The van der Waals surface area contributed by atoms with Crippen LogP contribution in [0.1, 0.15) is 84.0 Å². The number of ether oxygens (including phenoxy) is 1. The van der Waals surface area contributed by atoms with Gasteiger partial charge in [0.15, 0.2) is 0 Å². The molecule has 0 aliphatic rings. The molecule has 3 rings (SSSR count). The minimum atomic E-state index is -0.849. The lowest BCUT2D eigenvalue weighted by atomic mass is 10.1. The number of carbonyl (C=O) groups excluding carboxylic acids is 2. The van der Waals surface area contributed by atoms with Gasteiger partial charge in [0.05, 0.1) is 17.6 Å². The summed E-state index contributed by atoms with van der Waals surface area (Å²) in [5.74, 6) is 0.467. The quantitative estimate of drug-likeness (QED) is 0.171. The predicted molar refractivity (Wildman–Crippen MR) is 154 cm³/mol. The van der Waals surface area contributed by atoms with Gasteiger partial charge in [-0.1, -0.05) is 81.5 Å². The highest BCUT2D eigenvalue weighted by atomic mass is 16.7. The molecule has 1 atom stereocenters. The Balaban J connectivity index is 1.68. The molecule has 0 unspecified atom stereocenters. The highest BCUT2D eigenvalue weighted by Gasteiger charge is 2.25. The van der Waals surface area contributed by atoms with Gasteiger partial charge in [0.2, 0.25) is 0 Å². The number of carbonyl (C=O) groups is 2. The highest BCUT2D eigenvalue weighted by Crippen LogP contribution is 2.19. The van der Waals surface area contributed by atoms with Crippen molar-refractivity contribution in [2.75, 3.05) is 0 Å². The number of aryl methyl sites for hydroxylation is 2. The third-order valence-corrected chi connectivity index (χ3v) is 6.39. The number of unbranched alkanes of at least 4 members (excludes halogenated alkanes) is 5. The molecule has 8 heteroatoms. The van der Waals surface area contributed by atoms with Crippen LogP contribution in [0.15, 0.2) is 54.6 Å². The largest absolute Gasteiger partial charge is 0.444 e. The average molecular weight is 537 g/mol. The maximum atomic E-state index is 13.1. The van der Waals surface area contributed by atoms with Crippen molar-refractivity contribution in [3.05, 3.63) is 66.0 Å². The lowest BCUT2D eigenvalue weighted by molar-refractivity contribution is -0.137. The van der Waals surface area contributed by atoms with Gasteiger partial charge in [-0.2, -0.15) is 0 Å². The number of nitrogens with zero attached hydrogens (tertiary/aromatic N) is 2. The summed E-state index contributed by atoms with van der Waals surface area (Å²) in [5.41, 5.74) is 4.77. The van der Waals surface area contributed by atoms with E-state index in [2.05, 4.69) is 28.4 Å². The molecule has 1 heterocycles. The van der Waals surface area contributed by atoms with Crippen LogP contribution in [0.5, 0.6) is 0 Å². The molecule has 0 fully saturated rings. The van der Waals surface area contributed by atoms with Gasteiger partial charge in [0.1, 0.15) is 17.5 Å². The minimum Gasteiger partial charge on any atom is -0.444 e. The van der Waals surface area contributed by atoms with Gasteiger partial charge < -0.3 is 14.6 Å².